The number of halogens is 2. The second-order valence-electron chi connectivity index (χ2n) is 7.07. The molecule has 0 saturated heterocycles. The third kappa shape index (κ3) is 4.31. The van der Waals surface area contributed by atoms with Crippen LogP contribution in [-0.2, 0) is 0 Å². The summed E-state index contributed by atoms with van der Waals surface area (Å²) in [4.78, 5) is 8.74. The molecule has 0 aliphatic rings. The standard InChI is InChI=1S/C21H22ClFN2O/c1-13(2)8-14(3)12-26-21-11-25-20(10-18(21)22)16-6-7-24-19-5-4-15(23)9-17(16)19/h4-7,9-11,13-14H,8,12H2,1-3H3/t14-/m0/s1. The summed E-state index contributed by atoms with van der Waals surface area (Å²) in [6, 6.07) is 8.08. The summed E-state index contributed by atoms with van der Waals surface area (Å²) in [7, 11) is 0. The molecule has 1 atom stereocenters. The van der Waals surface area contributed by atoms with Crippen molar-refractivity contribution < 1.29 is 9.13 Å². The Labute approximate surface area is 158 Å². The van der Waals surface area contributed by atoms with E-state index in [0.717, 1.165) is 12.0 Å². The molecule has 3 rings (SSSR count). The summed E-state index contributed by atoms with van der Waals surface area (Å²) in [5.41, 5.74) is 2.16. The summed E-state index contributed by atoms with van der Waals surface area (Å²) in [5, 5.41) is 1.20. The highest BCUT2D eigenvalue weighted by molar-refractivity contribution is 6.32. The van der Waals surface area contributed by atoms with Crippen LogP contribution in [0, 0.1) is 17.7 Å². The number of hydrogen-bond acceptors (Lipinski definition) is 3. The Balaban J connectivity index is 1.85. The minimum atomic E-state index is -0.308. The summed E-state index contributed by atoms with van der Waals surface area (Å²) in [5.74, 6) is 1.33. The molecule has 0 fully saturated rings. The molecule has 26 heavy (non-hydrogen) atoms. The second kappa shape index (κ2) is 8.00. The molecule has 2 aromatic heterocycles. The number of nitrogens with zero attached hydrogens (tertiary/aromatic N) is 2. The number of aromatic nitrogens is 2. The van der Waals surface area contributed by atoms with Gasteiger partial charge in [-0.25, -0.2) is 4.39 Å². The van der Waals surface area contributed by atoms with E-state index in [-0.39, 0.29) is 5.82 Å². The van der Waals surface area contributed by atoms with Crippen molar-refractivity contribution in [2.24, 2.45) is 11.8 Å². The van der Waals surface area contributed by atoms with Crippen LogP contribution in [0.1, 0.15) is 27.2 Å². The van der Waals surface area contributed by atoms with Crippen molar-refractivity contribution in [1.82, 2.24) is 9.97 Å². The molecule has 0 spiro atoms. The topological polar surface area (TPSA) is 35.0 Å². The average Bonchev–Trinajstić information content (AvgIpc) is 2.59. The molecule has 0 aliphatic heterocycles. The van der Waals surface area contributed by atoms with Gasteiger partial charge < -0.3 is 4.74 Å². The molecule has 0 radical (unpaired) electrons. The number of rotatable bonds is 6. The van der Waals surface area contributed by atoms with E-state index in [1.165, 1.54) is 12.1 Å². The third-order valence-corrected chi connectivity index (χ3v) is 4.49. The summed E-state index contributed by atoms with van der Waals surface area (Å²) in [6.07, 6.45) is 4.41. The fourth-order valence-corrected chi connectivity index (χ4v) is 3.33. The van der Waals surface area contributed by atoms with Crippen LogP contribution < -0.4 is 4.74 Å². The van der Waals surface area contributed by atoms with Gasteiger partial charge in [0.1, 0.15) is 5.82 Å². The van der Waals surface area contributed by atoms with E-state index in [9.17, 15) is 4.39 Å². The normalized spacial score (nSPS) is 12.5. The van der Waals surface area contributed by atoms with E-state index in [0.29, 0.717) is 45.8 Å². The first-order chi connectivity index (χ1) is 12.4. The van der Waals surface area contributed by atoms with Crippen LogP contribution in [0.2, 0.25) is 5.02 Å². The van der Waals surface area contributed by atoms with Gasteiger partial charge in [0.15, 0.2) is 5.75 Å². The molecular weight excluding hydrogens is 351 g/mol. The third-order valence-electron chi connectivity index (χ3n) is 4.20. The molecule has 136 valence electrons. The summed E-state index contributed by atoms with van der Waals surface area (Å²) < 4.78 is 19.5. The Morgan fingerprint density at radius 3 is 2.65 bits per heavy atom. The Bertz CT molecular complexity index is 914. The fourth-order valence-electron chi connectivity index (χ4n) is 3.12. The van der Waals surface area contributed by atoms with Crippen LogP contribution in [0.15, 0.2) is 42.7 Å². The van der Waals surface area contributed by atoms with Gasteiger partial charge in [0.05, 0.1) is 29.0 Å². The lowest BCUT2D eigenvalue weighted by molar-refractivity contribution is 0.238. The lowest BCUT2D eigenvalue weighted by atomic mass is 10.00. The first-order valence-electron chi connectivity index (χ1n) is 8.77. The molecule has 2 heterocycles. The minimum absolute atomic E-state index is 0.308. The van der Waals surface area contributed by atoms with E-state index in [1.807, 2.05) is 6.07 Å². The molecule has 3 nitrogen and oxygen atoms in total. The second-order valence-corrected chi connectivity index (χ2v) is 7.47. The predicted octanol–water partition coefficient (Wildman–Crippen LogP) is 6.15. The zero-order chi connectivity index (χ0) is 18.7. The molecule has 5 heteroatoms. The smallest absolute Gasteiger partial charge is 0.156 e. The molecule has 0 saturated carbocycles. The maximum Gasteiger partial charge on any atom is 0.156 e. The first kappa shape index (κ1) is 18.6. The van der Waals surface area contributed by atoms with Crippen molar-refractivity contribution in [2.75, 3.05) is 6.61 Å². The molecule has 0 unspecified atom stereocenters. The molecule has 0 amide bonds. The molecule has 3 aromatic rings. The maximum atomic E-state index is 13.6. The van der Waals surface area contributed by atoms with E-state index in [4.69, 9.17) is 16.3 Å². The quantitative estimate of drug-likeness (QED) is 0.520. The van der Waals surface area contributed by atoms with Gasteiger partial charge in [-0.15, -0.1) is 0 Å². The van der Waals surface area contributed by atoms with Gasteiger partial charge in [0.25, 0.3) is 0 Å². The molecular formula is C21H22ClFN2O. The molecule has 0 aliphatic carbocycles. The number of pyridine rings is 2. The van der Waals surface area contributed by atoms with Crippen molar-refractivity contribution in [1.29, 1.82) is 0 Å². The van der Waals surface area contributed by atoms with Crippen molar-refractivity contribution in [3.05, 3.63) is 53.6 Å². The zero-order valence-electron chi connectivity index (χ0n) is 15.2. The van der Waals surface area contributed by atoms with Gasteiger partial charge in [-0.2, -0.15) is 0 Å². The van der Waals surface area contributed by atoms with Gasteiger partial charge in [-0.1, -0.05) is 32.4 Å². The van der Waals surface area contributed by atoms with E-state index in [2.05, 4.69) is 30.7 Å². The number of fused-ring (bicyclic) bond motifs is 1. The monoisotopic (exact) mass is 372 g/mol. The van der Waals surface area contributed by atoms with Gasteiger partial charge in [0.2, 0.25) is 0 Å². The van der Waals surface area contributed by atoms with E-state index >= 15 is 0 Å². The Morgan fingerprint density at radius 1 is 1.12 bits per heavy atom. The SMILES string of the molecule is CC(C)C[C@H](C)COc1cnc(-c2ccnc3ccc(F)cc23)cc1Cl. The highest BCUT2D eigenvalue weighted by Gasteiger charge is 2.12. The van der Waals surface area contributed by atoms with Crippen LogP contribution in [-0.4, -0.2) is 16.6 Å². The molecule has 0 N–H and O–H groups in total. The number of benzene rings is 1. The lowest BCUT2D eigenvalue weighted by Gasteiger charge is -2.16. The zero-order valence-corrected chi connectivity index (χ0v) is 15.9. The van der Waals surface area contributed by atoms with Gasteiger partial charge >= 0.3 is 0 Å². The van der Waals surface area contributed by atoms with Crippen LogP contribution in [0.5, 0.6) is 5.75 Å². The fraction of sp³-hybridized carbons (Fsp3) is 0.333. The highest BCUT2D eigenvalue weighted by Crippen LogP contribution is 2.32. The van der Waals surface area contributed by atoms with Crippen molar-refractivity contribution >= 4 is 22.5 Å². The Morgan fingerprint density at radius 2 is 1.92 bits per heavy atom. The maximum absolute atomic E-state index is 13.6. The Kier molecular flexibility index (Phi) is 5.72. The summed E-state index contributed by atoms with van der Waals surface area (Å²) in [6.45, 7) is 7.15. The molecule has 1 aromatic carbocycles. The minimum Gasteiger partial charge on any atom is -0.490 e. The lowest BCUT2D eigenvalue weighted by Crippen LogP contribution is -2.11. The van der Waals surface area contributed by atoms with Crippen molar-refractivity contribution in [3.63, 3.8) is 0 Å². The average molecular weight is 373 g/mol. The first-order valence-corrected chi connectivity index (χ1v) is 9.15. The summed E-state index contributed by atoms with van der Waals surface area (Å²) >= 11 is 6.40. The molecule has 0 bridgehead atoms. The number of hydrogen-bond donors (Lipinski definition) is 0. The van der Waals surface area contributed by atoms with Crippen molar-refractivity contribution in [2.45, 2.75) is 27.2 Å². The van der Waals surface area contributed by atoms with Crippen LogP contribution in [0.3, 0.4) is 0 Å². The Hall–Kier alpha value is -2.20. The van der Waals surface area contributed by atoms with E-state index in [1.54, 1.807) is 24.5 Å². The van der Waals surface area contributed by atoms with Crippen LogP contribution >= 0.6 is 11.6 Å². The van der Waals surface area contributed by atoms with Crippen LogP contribution in [0.4, 0.5) is 4.39 Å². The van der Waals surface area contributed by atoms with Crippen LogP contribution in [0.25, 0.3) is 22.2 Å². The van der Waals surface area contributed by atoms with Crippen molar-refractivity contribution in [3.8, 4) is 17.0 Å². The van der Waals surface area contributed by atoms with Gasteiger partial charge in [-0.3, -0.25) is 9.97 Å². The van der Waals surface area contributed by atoms with Gasteiger partial charge in [0, 0.05) is 17.1 Å². The van der Waals surface area contributed by atoms with E-state index < -0.39 is 0 Å². The predicted molar refractivity (Wildman–Crippen MR) is 104 cm³/mol. The van der Waals surface area contributed by atoms with Gasteiger partial charge in [-0.05, 0) is 48.6 Å². The number of ether oxygens (including phenoxy) is 1. The largest absolute Gasteiger partial charge is 0.490 e. The highest BCUT2D eigenvalue weighted by atomic mass is 35.5.